The number of ether oxygens (including phenoxy) is 2. The fourth-order valence-corrected chi connectivity index (χ4v) is 2.96. The average Bonchev–Trinajstić information content (AvgIpc) is 2.84. The Hall–Kier alpha value is -0.355. The van der Waals surface area contributed by atoms with Crippen molar-refractivity contribution < 1.29 is 14.1 Å². The summed E-state index contributed by atoms with van der Waals surface area (Å²) in [6.45, 7) is 10.1. The van der Waals surface area contributed by atoms with E-state index in [1.165, 1.54) is 5.47 Å². The van der Waals surface area contributed by atoms with Crippen LogP contribution in [0.15, 0.2) is 11.5 Å². The summed E-state index contributed by atoms with van der Waals surface area (Å²) in [6, 6.07) is 0. The maximum Gasteiger partial charge on any atom is 0.412 e. The van der Waals surface area contributed by atoms with Crippen LogP contribution in [-0.4, -0.2) is 37.2 Å². The van der Waals surface area contributed by atoms with Crippen LogP contribution >= 0.6 is 0 Å². The SMILES string of the molecule is CC1(C)NB(C2=CCC3(CC2)OCCO3)OC1(C)C. The summed E-state index contributed by atoms with van der Waals surface area (Å²) >= 11 is 0. The minimum atomic E-state index is -0.340. The molecule has 4 nitrogen and oxygen atoms in total. The standard InChI is InChI=1S/C14H24BNO3/c1-12(2)13(3,4)19-15(16-12)11-5-7-14(8-6-11)17-9-10-18-14/h5,16H,6-10H2,1-4H3. The van der Waals surface area contributed by atoms with E-state index >= 15 is 0 Å². The maximum absolute atomic E-state index is 6.19. The summed E-state index contributed by atoms with van der Waals surface area (Å²) < 4.78 is 17.7. The predicted octanol–water partition coefficient (Wildman–Crippen LogP) is 2.04. The Labute approximate surface area is 116 Å². The van der Waals surface area contributed by atoms with Gasteiger partial charge in [-0.1, -0.05) is 11.5 Å². The van der Waals surface area contributed by atoms with Gasteiger partial charge in [-0.25, -0.2) is 0 Å². The number of allylic oxidation sites excluding steroid dienone is 1. The molecule has 1 N–H and O–H groups in total. The molecule has 106 valence electrons. The molecular formula is C14H24BNO3. The summed E-state index contributed by atoms with van der Waals surface area (Å²) in [5.74, 6) is -0.340. The predicted molar refractivity (Wildman–Crippen MR) is 74.7 cm³/mol. The van der Waals surface area contributed by atoms with E-state index in [1.54, 1.807) is 0 Å². The monoisotopic (exact) mass is 265 g/mol. The van der Waals surface area contributed by atoms with E-state index in [2.05, 4.69) is 39.0 Å². The van der Waals surface area contributed by atoms with E-state index < -0.39 is 0 Å². The molecule has 0 unspecified atom stereocenters. The second kappa shape index (κ2) is 4.32. The van der Waals surface area contributed by atoms with Crippen molar-refractivity contribution in [3.8, 4) is 0 Å². The normalized spacial score (nSPS) is 31.8. The van der Waals surface area contributed by atoms with Gasteiger partial charge in [0.1, 0.15) is 0 Å². The molecule has 2 heterocycles. The highest BCUT2D eigenvalue weighted by molar-refractivity contribution is 6.58. The first kappa shape index (κ1) is 13.6. The minimum absolute atomic E-state index is 0.0198. The highest BCUT2D eigenvalue weighted by Crippen LogP contribution is 2.39. The Morgan fingerprint density at radius 3 is 2.32 bits per heavy atom. The third kappa shape index (κ3) is 2.27. The lowest BCUT2D eigenvalue weighted by Gasteiger charge is -2.33. The van der Waals surface area contributed by atoms with Crippen LogP contribution in [0.4, 0.5) is 0 Å². The summed E-state index contributed by atoms with van der Waals surface area (Å²) in [6.07, 6.45) is 4.99. The van der Waals surface area contributed by atoms with Crippen LogP contribution in [0.25, 0.3) is 0 Å². The van der Waals surface area contributed by atoms with Gasteiger partial charge in [-0.05, 0) is 34.1 Å². The van der Waals surface area contributed by atoms with E-state index in [4.69, 9.17) is 14.1 Å². The van der Waals surface area contributed by atoms with Gasteiger partial charge >= 0.3 is 7.05 Å². The van der Waals surface area contributed by atoms with Crippen LogP contribution in [0.1, 0.15) is 47.0 Å². The van der Waals surface area contributed by atoms with Gasteiger partial charge in [-0.3, -0.25) is 0 Å². The molecule has 1 spiro atoms. The molecule has 3 aliphatic rings. The molecule has 0 saturated carbocycles. The molecule has 0 amide bonds. The van der Waals surface area contributed by atoms with E-state index in [0.29, 0.717) is 0 Å². The number of nitrogens with one attached hydrogen (secondary N) is 1. The van der Waals surface area contributed by atoms with Crippen LogP contribution in [0.5, 0.6) is 0 Å². The molecule has 19 heavy (non-hydrogen) atoms. The molecule has 5 heteroatoms. The second-order valence-corrected chi connectivity index (χ2v) is 6.87. The minimum Gasteiger partial charge on any atom is -0.411 e. The lowest BCUT2D eigenvalue weighted by Crippen LogP contribution is -2.50. The van der Waals surface area contributed by atoms with Gasteiger partial charge in [0.25, 0.3) is 0 Å². The Balaban J connectivity index is 1.70. The first-order valence-corrected chi connectivity index (χ1v) is 7.26. The molecule has 0 aromatic heterocycles. The average molecular weight is 265 g/mol. The molecule has 0 aromatic rings. The summed E-state index contributed by atoms with van der Waals surface area (Å²) in [5.41, 5.74) is 1.16. The van der Waals surface area contributed by atoms with Crippen molar-refractivity contribution in [1.29, 1.82) is 0 Å². The molecule has 2 saturated heterocycles. The van der Waals surface area contributed by atoms with Crippen molar-refractivity contribution in [2.75, 3.05) is 13.2 Å². The maximum atomic E-state index is 6.19. The Kier molecular flexibility index (Phi) is 3.10. The first-order chi connectivity index (χ1) is 8.84. The van der Waals surface area contributed by atoms with Crippen molar-refractivity contribution >= 4 is 7.05 Å². The van der Waals surface area contributed by atoms with E-state index in [-0.39, 0.29) is 24.0 Å². The molecule has 0 aromatic carbocycles. The second-order valence-electron chi connectivity index (χ2n) is 6.87. The van der Waals surface area contributed by atoms with E-state index in [0.717, 1.165) is 32.5 Å². The zero-order valence-electron chi connectivity index (χ0n) is 12.4. The van der Waals surface area contributed by atoms with Gasteiger partial charge in [0.05, 0.1) is 18.8 Å². The van der Waals surface area contributed by atoms with Crippen LogP contribution in [0.3, 0.4) is 0 Å². The third-order valence-corrected chi connectivity index (χ3v) is 5.03. The van der Waals surface area contributed by atoms with Gasteiger partial charge in [0, 0.05) is 18.4 Å². The zero-order valence-corrected chi connectivity index (χ0v) is 12.4. The Morgan fingerprint density at radius 1 is 1.16 bits per heavy atom. The lowest BCUT2D eigenvalue weighted by atomic mass is 9.67. The molecule has 3 rings (SSSR count). The third-order valence-electron chi connectivity index (χ3n) is 5.03. The highest BCUT2D eigenvalue weighted by atomic mass is 16.7. The molecule has 0 atom stereocenters. The molecular weight excluding hydrogens is 241 g/mol. The smallest absolute Gasteiger partial charge is 0.411 e. The molecule has 2 fully saturated rings. The Bertz CT molecular complexity index is 383. The molecule has 1 aliphatic carbocycles. The molecule has 0 radical (unpaired) electrons. The summed E-state index contributed by atoms with van der Waals surface area (Å²) in [4.78, 5) is 0. The lowest BCUT2D eigenvalue weighted by molar-refractivity contribution is -0.161. The fraction of sp³-hybridized carbons (Fsp3) is 0.857. The quantitative estimate of drug-likeness (QED) is 0.736. The zero-order chi connectivity index (χ0) is 13.7. The number of hydrogen-bond acceptors (Lipinski definition) is 4. The van der Waals surface area contributed by atoms with Crippen molar-refractivity contribution in [1.82, 2.24) is 5.23 Å². The van der Waals surface area contributed by atoms with E-state index in [9.17, 15) is 0 Å². The number of hydrogen-bond donors (Lipinski definition) is 1. The van der Waals surface area contributed by atoms with Crippen molar-refractivity contribution in [2.45, 2.75) is 63.9 Å². The summed E-state index contributed by atoms with van der Waals surface area (Å²) in [7, 11) is 0.0313. The van der Waals surface area contributed by atoms with Crippen LogP contribution < -0.4 is 5.23 Å². The first-order valence-electron chi connectivity index (χ1n) is 7.26. The van der Waals surface area contributed by atoms with Crippen molar-refractivity contribution in [3.63, 3.8) is 0 Å². The van der Waals surface area contributed by atoms with Crippen LogP contribution in [0, 0.1) is 0 Å². The largest absolute Gasteiger partial charge is 0.412 e. The van der Waals surface area contributed by atoms with Gasteiger partial charge in [-0.2, -0.15) is 0 Å². The highest BCUT2D eigenvalue weighted by Gasteiger charge is 2.51. The van der Waals surface area contributed by atoms with Gasteiger partial charge in [0.15, 0.2) is 5.79 Å². The Morgan fingerprint density at radius 2 is 1.84 bits per heavy atom. The fourth-order valence-electron chi connectivity index (χ4n) is 2.96. The van der Waals surface area contributed by atoms with Crippen LogP contribution in [-0.2, 0) is 14.1 Å². The number of rotatable bonds is 1. The van der Waals surface area contributed by atoms with Gasteiger partial charge in [-0.15, -0.1) is 0 Å². The van der Waals surface area contributed by atoms with Crippen molar-refractivity contribution in [3.05, 3.63) is 11.5 Å². The van der Waals surface area contributed by atoms with E-state index in [1.807, 2.05) is 0 Å². The molecule has 0 bridgehead atoms. The topological polar surface area (TPSA) is 39.7 Å². The summed E-state index contributed by atoms with van der Waals surface area (Å²) in [5, 5.41) is 3.60. The molecule has 2 aliphatic heterocycles. The van der Waals surface area contributed by atoms with Crippen LogP contribution in [0.2, 0.25) is 0 Å². The van der Waals surface area contributed by atoms with Gasteiger partial charge < -0.3 is 19.4 Å². The van der Waals surface area contributed by atoms with Gasteiger partial charge in [0.2, 0.25) is 0 Å². The van der Waals surface area contributed by atoms with Crippen molar-refractivity contribution in [2.24, 2.45) is 0 Å².